The highest BCUT2D eigenvalue weighted by atomic mass is 127. The minimum Gasteiger partial charge on any atom is -0.481 e. The molecule has 0 aliphatic rings. The largest absolute Gasteiger partial charge is 0.481 e. The summed E-state index contributed by atoms with van der Waals surface area (Å²) in [6, 6.07) is 0. The molecule has 0 amide bonds. The number of unbranched alkanes of at least 4 members (excludes halogenated alkanes) is 4. The molecule has 0 aliphatic carbocycles. The van der Waals surface area contributed by atoms with Crippen LogP contribution in [0, 0.1) is 0 Å². The highest BCUT2D eigenvalue weighted by molar-refractivity contribution is 14.1. The van der Waals surface area contributed by atoms with Gasteiger partial charge in [0, 0.05) is 6.61 Å². The van der Waals surface area contributed by atoms with E-state index in [1.807, 2.05) is 0 Å². The van der Waals surface area contributed by atoms with Crippen molar-refractivity contribution in [3.8, 4) is 0 Å². The number of halogens is 1. The maximum Gasteiger partial charge on any atom is 0.313 e. The molecular weight excluding hydrogens is 283 g/mol. The molecule has 0 aromatic carbocycles. The number of aliphatic hydroxyl groups is 1. The molecule has 0 aromatic rings. The number of aliphatic carboxylic acids is 1. The van der Waals surface area contributed by atoms with Crippen LogP contribution in [0.1, 0.15) is 39.0 Å². The Hall–Kier alpha value is 0.160. The van der Waals surface area contributed by atoms with Gasteiger partial charge in [0.25, 0.3) is 0 Å². The molecule has 0 unspecified atom stereocenters. The highest BCUT2D eigenvalue weighted by Crippen LogP contribution is 2.00. The van der Waals surface area contributed by atoms with Crippen molar-refractivity contribution in [2.45, 2.75) is 39.0 Å². The van der Waals surface area contributed by atoms with Gasteiger partial charge in [-0.1, -0.05) is 55.2 Å². The minimum absolute atomic E-state index is 0.192. The second-order valence-electron chi connectivity index (χ2n) is 2.67. The fraction of sp³-hybridized carbons (Fsp3) is 0.889. The van der Waals surface area contributed by atoms with Crippen LogP contribution in [0.3, 0.4) is 0 Å². The summed E-state index contributed by atoms with van der Waals surface area (Å²) in [5.41, 5.74) is 0. The third-order valence-electron chi connectivity index (χ3n) is 1.38. The molecule has 80 valence electrons. The quantitative estimate of drug-likeness (QED) is 0.450. The van der Waals surface area contributed by atoms with E-state index in [4.69, 9.17) is 10.2 Å². The van der Waals surface area contributed by atoms with Crippen molar-refractivity contribution < 1.29 is 15.0 Å². The van der Waals surface area contributed by atoms with Crippen LogP contribution in [-0.4, -0.2) is 27.2 Å². The Bertz CT molecular complexity index is 101. The Balaban J connectivity index is 0. The number of rotatable bonds is 6. The van der Waals surface area contributed by atoms with E-state index in [0.29, 0.717) is 6.61 Å². The molecule has 0 spiro atoms. The summed E-state index contributed by atoms with van der Waals surface area (Å²) in [5.74, 6) is -0.759. The Kier molecular flexibility index (Phi) is 17.6. The van der Waals surface area contributed by atoms with Crippen LogP contribution in [-0.2, 0) is 4.79 Å². The molecule has 0 heterocycles. The topological polar surface area (TPSA) is 57.5 Å². The first-order valence-corrected chi connectivity index (χ1v) is 6.10. The Morgan fingerprint density at radius 1 is 1.23 bits per heavy atom. The van der Waals surface area contributed by atoms with Crippen LogP contribution in [0.2, 0.25) is 0 Å². The summed E-state index contributed by atoms with van der Waals surface area (Å²) in [6.45, 7) is 2.56. The van der Waals surface area contributed by atoms with Gasteiger partial charge < -0.3 is 10.2 Å². The molecule has 4 heteroatoms. The van der Waals surface area contributed by atoms with Crippen molar-refractivity contribution in [3.05, 3.63) is 0 Å². The summed E-state index contributed by atoms with van der Waals surface area (Å²) >= 11 is 1.78. The number of carboxylic acid groups (broad SMARTS) is 1. The lowest BCUT2D eigenvalue weighted by molar-refractivity contribution is -0.133. The van der Waals surface area contributed by atoms with E-state index in [-0.39, 0.29) is 4.43 Å². The lowest BCUT2D eigenvalue weighted by Crippen LogP contribution is -1.91. The molecule has 0 saturated heterocycles. The van der Waals surface area contributed by atoms with Gasteiger partial charge in [-0.25, -0.2) is 0 Å². The first kappa shape index (κ1) is 15.6. The summed E-state index contributed by atoms with van der Waals surface area (Å²) in [7, 11) is 0. The molecular formula is C9H19IO3. The van der Waals surface area contributed by atoms with Crippen LogP contribution < -0.4 is 0 Å². The second-order valence-corrected chi connectivity index (χ2v) is 3.43. The molecule has 2 N–H and O–H groups in total. The van der Waals surface area contributed by atoms with Crippen LogP contribution in [0.5, 0.6) is 0 Å². The maximum absolute atomic E-state index is 9.36. The van der Waals surface area contributed by atoms with Crippen LogP contribution in [0.15, 0.2) is 0 Å². The molecule has 0 atom stereocenters. The third kappa shape index (κ3) is 24.5. The summed E-state index contributed by atoms with van der Waals surface area (Å²) in [6.07, 6.45) is 6.08. The van der Waals surface area contributed by atoms with Gasteiger partial charge in [-0.3, -0.25) is 4.79 Å². The zero-order chi connectivity index (χ0) is 10.5. The van der Waals surface area contributed by atoms with E-state index in [1.54, 1.807) is 22.6 Å². The minimum atomic E-state index is -0.759. The molecule has 0 radical (unpaired) electrons. The van der Waals surface area contributed by atoms with Crippen molar-refractivity contribution in [2.75, 3.05) is 11.0 Å². The van der Waals surface area contributed by atoms with Gasteiger partial charge in [-0.2, -0.15) is 0 Å². The maximum atomic E-state index is 9.36. The fourth-order valence-corrected chi connectivity index (χ4v) is 0.715. The van der Waals surface area contributed by atoms with Gasteiger partial charge in [-0.15, -0.1) is 0 Å². The lowest BCUT2D eigenvalue weighted by atomic mass is 10.2. The van der Waals surface area contributed by atoms with Crippen molar-refractivity contribution in [3.63, 3.8) is 0 Å². The van der Waals surface area contributed by atoms with E-state index < -0.39 is 5.97 Å². The van der Waals surface area contributed by atoms with E-state index in [0.717, 1.165) is 6.42 Å². The molecule has 0 fully saturated rings. The first-order valence-electron chi connectivity index (χ1n) is 4.57. The van der Waals surface area contributed by atoms with Gasteiger partial charge in [0.1, 0.15) is 0 Å². The lowest BCUT2D eigenvalue weighted by Gasteiger charge is -1.93. The molecule has 0 saturated carbocycles. The molecule has 0 aliphatic heterocycles. The smallest absolute Gasteiger partial charge is 0.313 e. The number of carbonyl (C=O) groups is 1. The zero-order valence-electron chi connectivity index (χ0n) is 8.13. The van der Waals surface area contributed by atoms with Gasteiger partial charge >= 0.3 is 5.97 Å². The SMILES string of the molecule is CCCCCCCO.O=C(O)CI. The molecule has 0 bridgehead atoms. The van der Waals surface area contributed by atoms with Crippen LogP contribution in [0.4, 0.5) is 0 Å². The fourth-order valence-electron chi connectivity index (χ4n) is 0.715. The number of alkyl halides is 1. The van der Waals surface area contributed by atoms with Crippen molar-refractivity contribution in [2.24, 2.45) is 0 Å². The number of hydrogen-bond acceptors (Lipinski definition) is 2. The average molecular weight is 302 g/mol. The van der Waals surface area contributed by atoms with E-state index in [1.165, 1.54) is 25.7 Å². The first-order chi connectivity index (χ1) is 6.18. The average Bonchev–Trinajstić information content (AvgIpc) is 2.14. The third-order valence-corrected chi connectivity index (χ3v) is 2.03. The zero-order valence-corrected chi connectivity index (χ0v) is 10.3. The van der Waals surface area contributed by atoms with Gasteiger partial charge in [0.2, 0.25) is 0 Å². The second kappa shape index (κ2) is 14.7. The summed E-state index contributed by atoms with van der Waals surface area (Å²) in [5, 5.41) is 16.1. The molecule has 0 aromatic heterocycles. The number of hydrogen-bond donors (Lipinski definition) is 2. The predicted molar refractivity (Wildman–Crippen MR) is 62.4 cm³/mol. The highest BCUT2D eigenvalue weighted by Gasteiger charge is 1.84. The van der Waals surface area contributed by atoms with E-state index in [9.17, 15) is 4.79 Å². The standard InChI is InChI=1S/C7H16O.C2H3IO2/c1-2-3-4-5-6-7-8;3-1-2(4)5/h8H,2-7H2,1H3;1H2,(H,4,5). The van der Waals surface area contributed by atoms with Crippen LogP contribution in [0.25, 0.3) is 0 Å². The Labute approximate surface area is 93.7 Å². The monoisotopic (exact) mass is 302 g/mol. The molecule has 3 nitrogen and oxygen atoms in total. The number of aliphatic hydroxyl groups excluding tert-OH is 1. The Morgan fingerprint density at radius 3 is 2.00 bits per heavy atom. The summed E-state index contributed by atoms with van der Waals surface area (Å²) in [4.78, 5) is 9.36. The van der Waals surface area contributed by atoms with E-state index >= 15 is 0 Å². The van der Waals surface area contributed by atoms with Crippen molar-refractivity contribution >= 4 is 28.6 Å². The van der Waals surface area contributed by atoms with Crippen molar-refractivity contribution in [1.82, 2.24) is 0 Å². The normalized spacial score (nSPS) is 8.85. The van der Waals surface area contributed by atoms with Crippen LogP contribution >= 0.6 is 22.6 Å². The molecule has 13 heavy (non-hydrogen) atoms. The van der Waals surface area contributed by atoms with E-state index in [2.05, 4.69) is 6.92 Å². The summed E-state index contributed by atoms with van der Waals surface area (Å²) < 4.78 is 0.192. The van der Waals surface area contributed by atoms with Gasteiger partial charge in [0.05, 0.1) is 4.43 Å². The van der Waals surface area contributed by atoms with Gasteiger partial charge in [0.15, 0.2) is 0 Å². The van der Waals surface area contributed by atoms with Crippen molar-refractivity contribution in [1.29, 1.82) is 0 Å². The van der Waals surface area contributed by atoms with Gasteiger partial charge in [-0.05, 0) is 6.42 Å². The Morgan fingerprint density at radius 2 is 1.69 bits per heavy atom. The number of carboxylic acids is 1. The molecule has 0 rings (SSSR count). The predicted octanol–water partition coefficient (Wildman–Crippen LogP) is 2.46.